The normalized spacial score (nSPS) is 10.1. The third-order valence-electron chi connectivity index (χ3n) is 2.08. The molecule has 0 unspecified atom stereocenters. The van der Waals surface area contributed by atoms with Gasteiger partial charge in [0.05, 0.1) is 6.20 Å². The van der Waals surface area contributed by atoms with Crippen LogP contribution in [0, 0.1) is 5.82 Å². The first kappa shape index (κ1) is 11.1. The number of hydrogen-bond donors (Lipinski definition) is 1. The van der Waals surface area contributed by atoms with Crippen molar-refractivity contribution in [3.05, 3.63) is 58.6 Å². The molecule has 0 fully saturated rings. The summed E-state index contributed by atoms with van der Waals surface area (Å²) in [5, 5.41) is 3.19. The van der Waals surface area contributed by atoms with E-state index in [2.05, 4.69) is 26.2 Å². The predicted molar refractivity (Wildman–Crippen MR) is 65.7 cm³/mol. The number of benzene rings is 1. The second-order valence-electron chi connectivity index (χ2n) is 3.38. The zero-order valence-corrected chi connectivity index (χ0v) is 10.0. The lowest BCUT2D eigenvalue weighted by Gasteiger charge is -2.06. The van der Waals surface area contributed by atoms with E-state index < -0.39 is 0 Å². The molecule has 2 nitrogen and oxygen atoms in total. The third-order valence-corrected chi connectivity index (χ3v) is 2.58. The van der Waals surface area contributed by atoms with Gasteiger partial charge in [-0.25, -0.2) is 4.39 Å². The molecule has 0 bridgehead atoms. The molecule has 0 aliphatic carbocycles. The van der Waals surface area contributed by atoms with Crippen molar-refractivity contribution in [2.24, 2.45) is 0 Å². The molecule has 0 amide bonds. The van der Waals surface area contributed by atoms with Gasteiger partial charge in [0.2, 0.25) is 0 Å². The third kappa shape index (κ3) is 3.03. The summed E-state index contributed by atoms with van der Waals surface area (Å²) < 4.78 is 13.9. The van der Waals surface area contributed by atoms with Crippen LogP contribution in [0.2, 0.25) is 0 Å². The minimum absolute atomic E-state index is 0.312. The van der Waals surface area contributed by atoms with E-state index in [0.717, 1.165) is 15.7 Å². The molecule has 0 spiro atoms. The van der Waals surface area contributed by atoms with E-state index in [9.17, 15) is 4.39 Å². The van der Waals surface area contributed by atoms with Crippen molar-refractivity contribution >= 4 is 21.6 Å². The van der Waals surface area contributed by atoms with Crippen LogP contribution in [0.1, 0.15) is 5.56 Å². The average molecular weight is 281 g/mol. The fourth-order valence-electron chi connectivity index (χ4n) is 1.36. The lowest BCUT2D eigenvalue weighted by atomic mass is 10.2. The standard InChI is InChI=1S/C12H10BrFN2/c13-10-2-1-3-12(5-10)16-7-9-4-11(14)8-15-6-9/h1-6,8,16H,7H2. The number of rotatable bonds is 3. The number of anilines is 1. The van der Waals surface area contributed by atoms with Gasteiger partial charge in [0.15, 0.2) is 0 Å². The maximum absolute atomic E-state index is 12.9. The van der Waals surface area contributed by atoms with Crippen LogP contribution in [0.25, 0.3) is 0 Å². The highest BCUT2D eigenvalue weighted by Gasteiger charge is 1.97. The second-order valence-corrected chi connectivity index (χ2v) is 4.29. The van der Waals surface area contributed by atoms with Crippen LogP contribution >= 0.6 is 15.9 Å². The molecule has 1 aromatic carbocycles. The van der Waals surface area contributed by atoms with E-state index in [4.69, 9.17) is 0 Å². The van der Waals surface area contributed by atoms with Crippen molar-refractivity contribution in [3.8, 4) is 0 Å². The van der Waals surface area contributed by atoms with E-state index >= 15 is 0 Å². The molecule has 82 valence electrons. The van der Waals surface area contributed by atoms with Gasteiger partial charge in [-0.1, -0.05) is 22.0 Å². The number of pyridine rings is 1. The molecule has 0 saturated heterocycles. The topological polar surface area (TPSA) is 24.9 Å². The Morgan fingerprint density at radius 3 is 2.88 bits per heavy atom. The highest BCUT2D eigenvalue weighted by Crippen LogP contribution is 2.16. The fraction of sp³-hybridized carbons (Fsp3) is 0.0833. The summed E-state index contributed by atoms with van der Waals surface area (Å²) in [7, 11) is 0. The molecule has 0 atom stereocenters. The summed E-state index contributed by atoms with van der Waals surface area (Å²) in [6, 6.07) is 9.29. The van der Waals surface area contributed by atoms with Crippen LogP contribution < -0.4 is 5.32 Å². The second kappa shape index (κ2) is 5.07. The monoisotopic (exact) mass is 280 g/mol. The molecule has 0 aliphatic heterocycles. The lowest BCUT2D eigenvalue weighted by molar-refractivity contribution is 0.619. The molecule has 0 radical (unpaired) electrons. The molecule has 16 heavy (non-hydrogen) atoms. The Morgan fingerprint density at radius 2 is 2.12 bits per heavy atom. The quantitative estimate of drug-likeness (QED) is 0.929. The van der Waals surface area contributed by atoms with Crippen LogP contribution in [0.15, 0.2) is 47.2 Å². The van der Waals surface area contributed by atoms with Gasteiger partial charge in [0, 0.05) is 22.9 Å². The van der Waals surface area contributed by atoms with Crippen molar-refractivity contribution < 1.29 is 4.39 Å². The lowest BCUT2D eigenvalue weighted by Crippen LogP contribution is -2.00. The van der Waals surface area contributed by atoms with E-state index in [0.29, 0.717) is 6.54 Å². The molecule has 0 aliphatic rings. The number of aromatic nitrogens is 1. The SMILES string of the molecule is Fc1cncc(CNc2cccc(Br)c2)c1. The van der Waals surface area contributed by atoms with Gasteiger partial charge in [0.25, 0.3) is 0 Å². The van der Waals surface area contributed by atoms with Gasteiger partial charge >= 0.3 is 0 Å². The molecule has 2 rings (SSSR count). The van der Waals surface area contributed by atoms with E-state index in [1.54, 1.807) is 6.20 Å². The highest BCUT2D eigenvalue weighted by molar-refractivity contribution is 9.10. The van der Waals surface area contributed by atoms with Crippen LogP contribution in [0.5, 0.6) is 0 Å². The van der Waals surface area contributed by atoms with Gasteiger partial charge in [-0.05, 0) is 29.8 Å². The Morgan fingerprint density at radius 1 is 1.25 bits per heavy atom. The summed E-state index contributed by atoms with van der Waals surface area (Å²) in [5.41, 5.74) is 1.80. The van der Waals surface area contributed by atoms with E-state index in [-0.39, 0.29) is 5.82 Å². The van der Waals surface area contributed by atoms with Crippen LogP contribution in [-0.4, -0.2) is 4.98 Å². The van der Waals surface area contributed by atoms with Gasteiger partial charge in [0.1, 0.15) is 5.82 Å². The molecule has 0 saturated carbocycles. The summed E-state index contributed by atoms with van der Waals surface area (Å²) in [5.74, 6) is -0.312. The van der Waals surface area contributed by atoms with Crippen molar-refractivity contribution in [1.29, 1.82) is 0 Å². The van der Waals surface area contributed by atoms with E-state index in [1.165, 1.54) is 12.3 Å². The van der Waals surface area contributed by atoms with Gasteiger partial charge in [-0.3, -0.25) is 4.98 Å². The van der Waals surface area contributed by atoms with Gasteiger partial charge in [-0.2, -0.15) is 0 Å². The Bertz CT molecular complexity index is 442. The molecule has 1 aromatic heterocycles. The van der Waals surface area contributed by atoms with Crippen LogP contribution in [0.4, 0.5) is 10.1 Å². The Balaban J connectivity index is 2.02. The van der Waals surface area contributed by atoms with Gasteiger partial charge in [-0.15, -0.1) is 0 Å². The fourth-order valence-corrected chi connectivity index (χ4v) is 1.75. The number of halogens is 2. The molecule has 4 heteroatoms. The van der Waals surface area contributed by atoms with Crippen molar-refractivity contribution in [2.45, 2.75) is 6.54 Å². The van der Waals surface area contributed by atoms with E-state index in [1.807, 2.05) is 24.3 Å². The Labute approximate surface area is 102 Å². The zero-order valence-electron chi connectivity index (χ0n) is 8.45. The number of hydrogen-bond acceptors (Lipinski definition) is 2. The molecule has 1 heterocycles. The van der Waals surface area contributed by atoms with Crippen molar-refractivity contribution in [3.63, 3.8) is 0 Å². The predicted octanol–water partition coefficient (Wildman–Crippen LogP) is 3.60. The smallest absolute Gasteiger partial charge is 0.141 e. The molecular weight excluding hydrogens is 271 g/mol. The van der Waals surface area contributed by atoms with Crippen molar-refractivity contribution in [1.82, 2.24) is 4.98 Å². The summed E-state index contributed by atoms with van der Waals surface area (Å²) in [4.78, 5) is 3.79. The summed E-state index contributed by atoms with van der Waals surface area (Å²) in [6.07, 6.45) is 2.84. The molecule has 1 N–H and O–H groups in total. The first-order chi connectivity index (χ1) is 7.74. The summed E-state index contributed by atoms with van der Waals surface area (Å²) >= 11 is 3.39. The van der Waals surface area contributed by atoms with Crippen LogP contribution in [-0.2, 0) is 6.54 Å². The minimum Gasteiger partial charge on any atom is -0.381 e. The van der Waals surface area contributed by atoms with Crippen LogP contribution in [0.3, 0.4) is 0 Å². The first-order valence-corrected chi connectivity index (χ1v) is 5.62. The Hall–Kier alpha value is -1.42. The highest BCUT2D eigenvalue weighted by atomic mass is 79.9. The Kier molecular flexibility index (Phi) is 3.51. The zero-order chi connectivity index (χ0) is 11.4. The maximum atomic E-state index is 12.9. The molecular formula is C12H10BrFN2. The average Bonchev–Trinajstić information content (AvgIpc) is 2.27. The first-order valence-electron chi connectivity index (χ1n) is 4.83. The van der Waals surface area contributed by atoms with Gasteiger partial charge < -0.3 is 5.32 Å². The largest absolute Gasteiger partial charge is 0.381 e. The number of nitrogens with zero attached hydrogens (tertiary/aromatic N) is 1. The van der Waals surface area contributed by atoms with Crippen molar-refractivity contribution in [2.75, 3.05) is 5.32 Å². The molecule has 2 aromatic rings. The maximum Gasteiger partial charge on any atom is 0.141 e. The number of nitrogens with one attached hydrogen (secondary N) is 1. The summed E-state index contributed by atoms with van der Waals surface area (Å²) in [6.45, 7) is 0.557. The minimum atomic E-state index is -0.312.